The molecule has 0 aliphatic heterocycles. The SMILES string of the molecule is CCCC(c1cc(CCO)cc(C(C)(C)C)c1O)c1cc(CCO)cc(C(C)(C)C)c1O. The molecular weight excluding hydrogens is 400 g/mol. The van der Waals surface area contributed by atoms with Gasteiger partial charge in [-0.15, -0.1) is 0 Å². The largest absolute Gasteiger partial charge is 0.507 e. The van der Waals surface area contributed by atoms with Crippen molar-refractivity contribution in [2.45, 2.75) is 90.9 Å². The predicted molar refractivity (Wildman–Crippen MR) is 132 cm³/mol. The van der Waals surface area contributed by atoms with Gasteiger partial charge in [0.15, 0.2) is 0 Å². The van der Waals surface area contributed by atoms with Crippen LogP contribution >= 0.6 is 0 Å². The molecule has 32 heavy (non-hydrogen) atoms. The lowest BCUT2D eigenvalue weighted by molar-refractivity contribution is 0.299. The van der Waals surface area contributed by atoms with E-state index in [1.807, 2.05) is 24.3 Å². The molecule has 2 aromatic rings. The zero-order chi connectivity index (χ0) is 24.3. The third-order valence-corrected chi connectivity index (χ3v) is 6.14. The molecule has 0 radical (unpaired) electrons. The minimum atomic E-state index is -0.265. The molecule has 4 nitrogen and oxygen atoms in total. The molecule has 0 saturated heterocycles. The summed E-state index contributed by atoms with van der Waals surface area (Å²) in [5.41, 5.74) is 4.71. The van der Waals surface area contributed by atoms with Gasteiger partial charge in [-0.05, 0) is 52.3 Å². The van der Waals surface area contributed by atoms with Gasteiger partial charge in [-0.1, -0.05) is 79.2 Å². The average molecular weight is 443 g/mol. The molecule has 2 rings (SSSR count). The predicted octanol–water partition coefficient (Wildman–Crippen LogP) is 5.69. The minimum Gasteiger partial charge on any atom is -0.507 e. The second-order valence-electron chi connectivity index (χ2n) is 11.0. The summed E-state index contributed by atoms with van der Waals surface area (Å²) in [6.45, 7) is 14.6. The second-order valence-corrected chi connectivity index (χ2v) is 11.0. The minimum absolute atomic E-state index is 0.0393. The highest BCUT2D eigenvalue weighted by Crippen LogP contribution is 2.46. The van der Waals surface area contributed by atoms with E-state index in [0.29, 0.717) is 12.8 Å². The van der Waals surface area contributed by atoms with E-state index in [-0.39, 0.29) is 41.5 Å². The summed E-state index contributed by atoms with van der Waals surface area (Å²) in [6, 6.07) is 7.94. The van der Waals surface area contributed by atoms with E-state index in [1.165, 1.54) is 0 Å². The number of aromatic hydroxyl groups is 2. The first-order valence-electron chi connectivity index (χ1n) is 11.8. The van der Waals surface area contributed by atoms with Crippen LogP contribution in [0.1, 0.15) is 101 Å². The molecule has 0 saturated carbocycles. The van der Waals surface area contributed by atoms with Crippen LogP contribution in [0.4, 0.5) is 0 Å². The molecule has 178 valence electrons. The van der Waals surface area contributed by atoms with Crippen molar-refractivity contribution in [2.75, 3.05) is 13.2 Å². The number of aliphatic hydroxyl groups excluding tert-OH is 2. The van der Waals surface area contributed by atoms with Crippen LogP contribution in [0.25, 0.3) is 0 Å². The van der Waals surface area contributed by atoms with Crippen LogP contribution in [0, 0.1) is 0 Å². The van der Waals surface area contributed by atoms with E-state index in [9.17, 15) is 20.4 Å². The molecule has 0 spiro atoms. The van der Waals surface area contributed by atoms with Gasteiger partial charge >= 0.3 is 0 Å². The number of hydrogen-bond donors (Lipinski definition) is 4. The standard InChI is InChI=1S/C28H42O4/c1-8-9-20(21-14-18(10-12-29)16-23(25(21)31)27(2,3)4)22-15-19(11-13-30)17-24(26(22)32)28(5,6)7/h14-17,20,29-32H,8-13H2,1-7H3. The van der Waals surface area contributed by atoms with Crippen molar-refractivity contribution < 1.29 is 20.4 Å². The van der Waals surface area contributed by atoms with Crippen LogP contribution in [0.2, 0.25) is 0 Å². The Morgan fingerprint density at radius 3 is 1.34 bits per heavy atom. The van der Waals surface area contributed by atoms with E-state index in [4.69, 9.17) is 0 Å². The lowest BCUT2D eigenvalue weighted by Crippen LogP contribution is -2.16. The van der Waals surface area contributed by atoms with Crippen LogP contribution in [0.3, 0.4) is 0 Å². The van der Waals surface area contributed by atoms with Gasteiger partial charge in [0.25, 0.3) is 0 Å². The summed E-state index contributed by atoms with van der Waals surface area (Å²) in [4.78, 5) is 0. The average Bonchev–Trinajstić information content (AvgIpc) is 2.67. The Hall–Kier alpha value is -2.04. The molecule has 0 aliphatic rings. The van der Waals surface area contributed by atoms with Crippen molar-refractivity contribution in [3.8, 4) is 11.5 Å². The van der Waals surface area contributed by atoms with E-state index >= 15 is 0 Å². The number of rotatable bonds is 8. The Morgan fingerprint density at radius 1 is 0.688 bits per heavy atom. The molecule has 0 fully saturated rings. The fourth-order valence-corrected chi connectivity index (χ4v) is 4.43. The number of hydrogen-bond acceptors (Lipinski definition) is 4. The Kier molecular flexibility index (Phi) is 8.41. The molecule has 4 heteroatoms. The number of benzene rings is 2. The maximum atomic E-state index is 11.4. The first kappa shape index (κ1) is 26.2. The van der Waals surface area contributed by atoms with Crippen LogP contribution in [0.15, 0.2) is 24.3 Å². The van der Waals surface area contributed by atoms with Crippen molar-refractivity contribution in [3.05, 3.63) is 57.6 Å². The summed E-state index contributed by atoms with van der Waals surface area (Å²) in [5, 5.41) is 41.9. The van der Waals surface area contributed by atoms with Gasteiger partial charge in [0.2, 0.25) is 0 Å². The molecule has 0 unspecified atom stereocenters. The van der Waals surface area contributed by atoms with Crippen molar-refractivity contribution >= 4 is 0 Å². The number of phenolic OH excluding ortho intramolecular Hbond substituents is 2. The topological polar surface area (TPSA) is 80.9 Å². The monoisotopic (exact) mass is 442 g/mol. The van der Waals surface area contributed by atoms with Crippen molar-refractivity contribution in [2.24, 2.45) is 0 Å². The Morgan fingerprint density at radius 2 is 1.06 bits per heavy atom. The smallest absolute Gasteiger partial charge is 0.123 e. The molecule has 0 amide bonds. The van der Waals surface area contributed by atoms with Crippen LogP contribution in [-0.2, 0) is 23.7 Å². The summed E-state index contributed by atoms with van der Waals surface area (Å²) >= 11 is 0. The number of aliphatic hydroxyl groups is 2. The summed E-state index contributed by atoms with van der Waals surface area (Å²) < 4.78 is 0. The van der Waals surface area contributed by atoms with Gasteiger partial charge in [-0.3, -0.25) is 0 Å². The summed E-state index contributed by atoms with van der Waals surface area (Å²) in [5.74, 6) is 0.336. The Labute approximate surface area is 194 Å². The third-order valence-electron chi connectivity index (χ3n) is 6.14. The van der Waals surface area contributed by atoms with Crippen LogP contribution < -0.4 is 0 Å². The van der Waals surface area contributed by atoms with E-state index in [1.54, 1.807) is 0 Å². The quantitative estimate of drug-likeness (QED) is 0.423. The highest BCUT2D eigenvalue weighted by molar-refractivity contribution is 5.56. The van der Waals surface area contributed by atoms with E-state index in [0.717, 1.165) is 46.2 Å². The molecule has 4 N–H and O–H groups in total. The fraction of sp³-hybridized carbons (Fsp3) is 0.571. The van der Waals surface area contributed by atoms with Crippen molar-refractivity contribution in [3.63, 3.8) is 0 Å². The maximum Gasteiger partial charge on any atom is 0.123 e. The van der Waals surface area contributed by atoms with Crippen LogP contribution in [0.5, 0.6) is 11.5 Å². The first-order valence-corrected chi connectivity index (χ1v) is 11.8. The highest BCUT2D eigenvalue weighted by Gasteiger charge is 2.29. The maximum absolute atomic E-state index is 11.4. The zero-order valence-corrected chi connectivity index (χ0v) is 20.9. The van der Waals surface area contributed by atoms with Gasteiger partial charge in [-0.25, -0.2) is 0 Å². The van der Waals surface area contributed by atoms with Gasteiger partial charge in [-0.2, -0.15) is 0 Å². The third kappa shape index (κ3) is 5.85. The molecule has 0 bridgehead atoms. The van der Waals surface area contributed by atoms with Gasteiger partial charge in [0, 0.05) is 30.3 Å². The first-order chi connectivity index (χ1) is 14.8. The second kappa shape index (κ2) is 10.3. The fourth-order valence-electron chi connectivity index (χ4n) is 4.43. The highest BCUT2D eigenvalue weighted by atomic mass is 16.3. The number of phenols is 2. The van der Waals surface area contributed by atoms with E-state index in [2.05, 4.69) is 48.5 Å². The van der Waals surface area contributed by atoms with Crippen molar-refractivity contribution in [1.29, 1.82) is 0 Å². The molecule has 0 aliphatic carbocycles. The van der Waals surface area contributed by atoms with Crippen LogP contribution in [-0.4, -0.2) is 33.6 Å². The molecule has 0 atom stereocenters. The van der Waals surface area contributed by atoms with Gasteiger partial charge in [0.05, 0.1) is 0 Å². The Balaban J connectivity index is 2.85. The van der Waals surface area contributed by atoms with E-state index < -0.39 is 0 Å². The molecular formula is C28H42O4. The molecule has 0 heterocycles. The lowest BCUT2D eigenvalue weighted by Gasteiger charge is -2.29. The normalized spacial score (nSPS) is 12.6. The lowest BCUT2D eigenvalue weighted by atomic mass is 9.76. The van der Waals surface area contributed by atoms with Gasteiger partial charge in [0.1, 0.15) is 11.5 Å². The molecule has 0 aromatic heterocycles. The van der Waals surface area contributed by atoms with Crippen molar-refractivity contribution in [1.82, 2.24) is 0 Å². The zero-order valence-electron chi connectivity index (χ0n) is 20.9. The summed E-state index contributed by atoms with van der Waals surface area (Å²) in [6.07, 6.45) is 2.67. The Bertz CT molecular complexity index is 843. The molecule has 2 aromatic carbocycles. The summed E-state index contributed by atoms with van der Waals surface area (Å²) in [7, 11) is 0. The van der Waals surface area contributed by atoms with Gasteiger partial charge < -0.3 is 20.4 Å².